The highest BCUT2D eigenvalue weighted by Gasteiger charge is 2.29. The smallest absolute Gasteiger partial charge is 0.191 e. The third-order valence-corrected chi connectivity index (χ3v) is 7.11. The minimum absolute atomic E-state index is 0.335. The van der Waals surface area contributed by atoms with E-state index in [0.29, 0.717) is 4.75 Å². The van der Waals surface area contributed by atoms with Crippen molar-refractivity contribution in [2.75, 3.05) is 57.0 Å². The van der Waals surface area contributed by atoms with Crippen LogP contribution in [-0.2, 0) is 6.54 Å². The number of likely N-dealkylation sites (N-methyl/N-ethyl adjacent to an activating group) is 1. The number of rotatable bonds is 6. The summed E-state index contributed by atoms with van der Waals surface area (Å²) in [6.45, 7) is 11.8. The summed E-state index contributed by atoms with van der Waals surface area (Å²) >= 11 is 2.07. The summed E-state index contributed by atoms with van der Waals surface area (Å²) in [7, 11) is 1.84. The molecule has 0 bridgehead atoms. The molecule has 3 rings (SSSR count). The molecule has 0 aliphatic carbocycles. The van der Waals surface area contributed by atoms with E-state index in [1.54, 1.807) is 0 Å². The summed E-state index contributed by atoms with van der Waals surface area (Å²) in [5, 5.41) is 6.95. The van der Waals surface area contributed by atoms with Gasteiger partial charge in [-0.3, -0.25) is 4.99 Å². The van der Waals surface area contributed by atoms with Gasteiger partial charge in [0.1, 0.15) is 5.82 Å². The van der Waals surface area contributed by atoms with E-state index >= 15 is 0 Å². The van der Waals surface area contributed by atoms with Crippen molar-refractivity contribution < 1.29 is 0 Å². The summed E-state index contributed by atoms with van der Waals surface area (Å²) in [5.74, 6) is 3.23. The lowest BCUT2D eigenvalue weighted by Crippen LogP contribution is -2.46. The molecule has 2 N–H and O–H groups in total. The van der Waals surface area contributed by atoms with E-state index in [2.05, 4.69) is 68.2 Å². The summed E-state index contributed by atoms with van der Waals surface area (Å²) in [6, 6.07) is 4.29. The second-order valence-corrected chi connectivity index (χ2v) is 9.31. The fraction of sp³-hybridized carbons (Fsp3) is 0.700. The molecule has 7 heteroatoms. The Balaban J connectivity index is 1.50. The van der Waals surface area contributed by atoms with Crippen molar-refractivity contribution in [2.24, 2.45) is 4.99 Å². The molecule has 150 valence electrons. The number of anilines is 1. The first-order valence-electron chi connectivity index (χ1n) is 10.1. The molecule has 1 aromatic heterocycles. The quantitative estimate of drug-likeness (QED) is 0.574. The zero-order valence-corrected chi connectivity index (χ0v) is 17.8. The second kappa shape index (κ2) is 9.64. The van der Waals surface area contributed by atoms with E-state index in [0.717, 1.165) is 57.6 Å². The molecule has 1 atom stereocenters. The van der Waals surface area contributed by atoms with E-state index in [4.69, 9.17) is 0 Å². The molecule has 0 saturated carbocycles. The van der Waals surface area contributed by atoms with Gasteiger partial charge in [0.15, 0.2) is 5.96 Å². The van der Waals surface area contributed by atoms with Crippen molar-refractivity contribution in [1.29, 1.82) is 0 Å². The third-order valence-electron chi connectivity index (χ3n) is 5.57. The van der Waals surface area contributed by atoms with Gasteiger partial charge in [0.25, 0.3) is 0 Å². The Morgan fingerprint density at radius 3 is 2.78 bits per heavy atom. The lowest BCUT2D eigenvalue weighted by Gasteiger charge is -2.34. The predicted octanol–water partition coefficient (Wildman–Crippen LogP) is 2.17. The normalized spacial score (nSPS) is 24.3. The van der Waals surface area contributed by atoms with Crippen LogP contribution >= 0.6 is 11.8 Å². The van der Waals surface area contributed by atoms with Gasteiger partial charge in [0.2, 0.25) is 0 Å². The van der Waals surface area contributed by atoms with Crippen molar-refractivity contribution in [3.05, 3.63) is 23.9 Å². The van der Waals surface area contributed by atoms with E-state index in [-0.39, 0.29) is 0 Å². The lowest BCUT2D eigenvalue weighted by molar-refractivity contribution is 0.270. The van der Waals surface area contributed by atoms with Crippen LogP contribution in [0.2, 0.25) is 0 Å². The van der Waals surface area contributed by atoms with Gasteiger partial charge in [-0.05, 0) is 49.8 Å². The van der Waals surface area contributed by atoms with Crippen molar-refractivity contribution in [1.82, 2.24) is 20.5 Å². The highest BCUT2D eigenvalue weighted by atomic mass is 32.2. The monoisotopic (exact) mass is 390 g/mol. The van der Waals surface area contributed by atoms with Crippen LogP contribution in [0.4, 0.5) is 5.82 Å². The molecule has 6 nitrogen and oxygen atoms in total. The average molecular weight is 391 g/mol. The molecule has 27 heavy (non-hydrogen) atoms. The van der Waals surface area contributed by atoms with Gasteiger partial charge >= 0.3 is 0 Å². The van der Waals surface area contributed by atoms with E-state index < -0.39 is 0 Å². The minimum Gasteiger partial charge on any atom is -0.355 e. The van der Waals surface area contributed by atoms with Crippen LogP contribution < -0.4 is 15.5 Å². The van der Waals surface area contributed by atoms with Crippen LogP contribution in [0.25, 0.3) is 0 Å². The molecule has 2 saturated heterocycles. The van der Waals surface area contributed by atoms with Gasteiger partial charge in [-0.2, -0.15) is 11.8 Å². The van der Waals surface area contributed by atoms with Crippen LogP contribution in [0.15, 0.2) is 23.3 Å². The summed E-state index contributed by atoms with van der Waals surface area (Å²) in [5.41, 5.74) is 1.24. The number of thioether (sulfide) groups is 1. The largest absolute Gasteiger partial charge is 0.355 e. The maximum absolute atomic E-state index is 4.59. The molecule has 2 aliphatic heterocycles. The second-order valence-electron chi connectivity index (χ2n) is 7.62. The molecule has 3 heterocycles. The molecular formula is C20H34N6S. The SMILES string of the molecule is CCN1CCN(c2cc(CNC(=NC)NCC3(C)CCCS3)ccn2)CC1. The first-order chi connectivity index (χ1) is 13.1. The predicted molar refractivity (Wildman–Crippen MR) is 117 cm³/mol. The number of hydrogen-bond donors (Lipinski definition) is 2. The number of aliphatic imine (C=N–C) groups is 1. The van der Waals surface area contributed by atoms with Crippen molar-refractivity contribution in [2.45, 2.75) is 38.0 Å². The van der Waals surface area contributed by atoms with E-state index in [1.807, 2.05) is 13.2 Å². The molecule has 1 aromatic rings. The molecular weight excluding hydrogens is 356 g/mol. The Labute approximate surface area is 168 Å². The highest BCUT2D eigenvalue weighted by Crippen LogP contribution is 2.36. The minimum atomic E-state index is 0.335. The standard InChI is InChI=1S/C20H34N6S/c1-4-25-9-11-26(12-10-25)18-14-17(6-8-22-18)15-23-19(21-3)24-16-20(2)7-5-13-27-20/h6,8,14H,4-5,7,9-13,15-16H2,1-3H3,(H2,21,23,24). The molecule has 1 unspecified atom stereocenters. The average Bonchev–Trinajstić information content (AvgIpc) is 3.15. The summed E-state index contributed by atoms with van der Waals surface area (Å²) in [6.07, 6.45) is 4.52. The van der Waals surface area contributed by atoms with Crippen LogP contribution in [0.5, 0.6) is 0 Å². The topological polar surface area (TPSA) is 55.8 Å². The maximum Gasteiger partial charge on any atom is 0.191 e. The molecule has 2 fully saturated rings. The number of piperazine rings is 1. The Kier molecular flexibility index (Phi) is 7.24. The van der Waals surface area contributed by atoms with Crippen LogP contribution in [0.3, 0.4) is 0 Å². The molecule has 0 spiro atoms. The van der Waals surface area contributed by atoms with Crippen LogP contribution in [-0.4, -0.2) is 72.7 Å². The Morgan fingerprint density at radius 1 is 1.30 bits per heavy atom. The van der Waals surface area contributed by atoms with Gasteiger partial charge < -0.3 is 20.4 Å². The van der Waals surface area contributed by atoms with Crippen molar-refractivity contribution in [3.8, 4) is 0 Å². The molecule has 0 radical (unpaired) electrons. The Morgan fingerprint density at radius 2 is 2.11 bits per heavy atom. The van der Waals surface area contributed by atoms with Crippen LogP contribution in [0, 0.1) is 0 Å². The summed E-state index contributed by atoms with van der Waals surface area (Å²) in [4.78, 5) is 13.8. The van der Waals surface area contributed by atoms with E-state index in [1.165, 1.54) is 24.2 Å². The van der Waals surface area contributed by atoms with Crippen LogP contribution in [0.1, 0.15) is 32.3 Å². The van der Waals surface area contributed by atoms with Gasteiger partial charge in [-0.25, -0.2) is 4.98 Å². The third kappa shape index (κ3) is 5.75. The molecule has 0 amide bonds. The Hall–Kier alpha value is -1.47. The fourth-order valence-corrected chi connectivity index (χ4v) is 4.93. The maximum atomic E-state index is 4.59. The number of hydrogen-bond acceptors (Lipinski definition) is 5. The number of nitrogens with one attached hydrogen (secondary N) is 2. The molecule has 0 aromatic carbocycles. The van der Waals surface area contributed by atoms with Gasteiger partial charge in [0.05, 0.1) is 0 Å². The van der Waals surface area contributed by atoms with Gasteiger partial charge in [-0.1, -0.05) is 6.92 Å². The van der Waals surface area contributed by atoms with E-state index in [9.17, 15) is 0 Å². The van der Waals surface area contributed by atoms with Gasteiger partial charge in [0, 0.05) is 57.3 Å². The number of aromatic nitrogens is 1. The Bertz CT molecular complexity index is 621. The zero-order valence-electron chi connectivity index (χ0n) is 17.0. The first-order valence-corrected chi connectivity index (χ1v) is 11.1. The van der Waals surface area contributed by atoms with Crippen molar-refractivity contribution >= 4 is 23.5 Å². The van der Waals surface area contributed by atoms with Crippen molar-refractivity contribution in [3.63, 3.8) is 0 Å². The number of guanidine groups is 1. The van der Waals surface area contributed by atoms with Gasteiger partial charge in [-0.15, -0.1) is 0 Å². The lowest BCUT2D eigenvalue weighted by atomic mass is 10.1. The molecule has 2 aliphatic rings. The number of nitrogens with zero attached hydrogens (tertiary/aromatic N) is 4. The highest BCUT2D eigenvalue weighted by molar-refractivity contribution is 8.00. The zero-order chi connectivity index (χ0) is 19.1. The fourth-order valence-electron chi connectivity index (χ4n) is 3.69. The first kappa shape index (κ1) is 20.3. The number of pyridine rings is 1. The summed E-state index contributed by atoms with van der Waals surface area (Å²) < 4.78 is 0.335.